The minimum atomic E-state index is 0.0196. The van der Waals surface area contributed by atoms with Crippen molar-refractivity contribution in [2.24, 2.45) is 10.7 Å². The molecule has 0 aliphatic rings. The molecule has 0 saturated heterocycles. The van der Waals surface area contributed by atoms with E-state index >= 15 is 0 Å². The molecule has 0 aromatic heterocycles. The molecular weight excluding hydrogens is 236 g/mol. The smallest absolute Gasteiger partial charge is 0.188 e. The summed E-state index contributed by atoms with van der Waals surface area (Å²) in [5.41, 5.74) is 7.19. The summed E-state index contributed by atoms with van der Waals surface area (Å²) in [5.74, 6) is 0.519. The first-order valence-electron chi connectivity index (χ1n) is 6.67. The largest absolute Gasteiger partial charge is 0.370 e. The van der Waals surface area contributed by atoms with Gasteiger partial charge in [0.15, 0.2) is 5.96 Å². The van der Waals surface area contributed by atoms with Crippen LogP contribution < -0.4 is 11.1 Å². The number of nitrogens with two attached hydrogens (primary N) is 1. The summed E-state index contributed by atoms with van der Waals surface area (Å²) in [4.78, 5) is 6.54. The van der Waals surface area contributed by atoms with Crippen molar-refractivity contribution >= 4 is 5.96 Å². The highest BCUT2D eigenvalue weighted by molar-refractivity contribution is 5.77. The molecule has 0 saturated carbocycles. The van der Waals surface area contributed by atoms with Crippen molar-refractivity contribution in [2.75, 3.05) is 27.2 Å². The zero-order chi connectivity index (χ0) is 14.3. The van der Waals surface area contributed by atoms with Gasteiger partial charge < -0.3 is 16.0 Å². The van der Waals surface area contributed by atoms with Gasteiger partial charge in [-0.15, -0.1) is 0 Å². The number of rotatable bonds is 6. The molecule has 0 amide bonds. The molecule has 0 aliphatic carbocycles. The summed E-state index contributed by atoms with van der Waals surface area (Å²) in [6.07, 6.45) is 0.953. The van der Waals surface area contributed by atoms with E-state index < -0.39 is 0 Å². The second kappa shape index (κ2) is 7.14. The standard InChI is InChI=1S/C15H26N4/c1-15(2,19(3)4)12-18-14(16)17-11-10-13-8-6-5-7-9-13/h5-9H,10-12H2,1-4H3,(H3,16,17,18). The molecule has 0 radical (unpaired) electrons. The fourth-order valence-electron chi connectivity index (χ4n) is 1.46. The predicted molar refractivity (Wildman–Crippen MR) is 82.4 cm³/mol. The summed E-state index contributed by atoms with van der Waals surface area (Å²) in [6, 6.07) is 10.4. The molecule has 4 nitrogen and oxygen atoms in total. The summed E-state index contributed by atoms with van der Waals surface area (Å²) < 4.78 is 0. The Hall–Kier alpha value is -1.55. The van der Waals surface area contributed by atoms with Gasteiger partial charge in [0, 0.05) is 12.1 Å². The monoisotopic (exact) mass is 262 g/mol. The van der Waals surface area contributed by atoms with E-state index in [9.17, 15) is 0 Å². The van der Waals surface area contributed by atoms with Gasteiger partial charge in [-0.1, -0.05) is 30.3 Å². The third kappa shape index (κ3) is 5.75. The Balaban J connectivity index is 2.33. The van der Waals surface area contributed by atoms with Crippen LogP contribution in [-0.4, -0.2) is 43.6 Å². The SMILES string of the molecule is CN(C)C(C)(C)CN=C(N)NCCc1ccccc1. The minimum Gasteiger partial charge on any atom is -0.370 e. The molecule has 1 aromatic carbocycles. The Morgan fingerprint density at radius 3 is 2.47 bits per heavy atom. The Kier molecular flexibility index (Phi) is 5.83. The number of nitrogens with zero attached hydrogens (tertiary/aromatic N) is 2. The van der Waals surface area contributed by atoms with Crippen LogP contribution in [0.2, 0.25) is 0 Å². The number of benzene rings is 1. The highest BCUT2D eigenvalue weighted by atomic mass is 15.2. The normalized spacial score (nSPS) is 12.8. The summed E-state index contributed by atoms with van der Waals surface area (Å²) in [5, 5.41) is 3.15. The molecule has 0 spiro atoms. The number of aliphatic imine (C=N–C) groups is 1. The van der Waals surface area contributed by atoms with Crippen molar-refractivity contribution in [2.45, 2.75) is 25.8 Å². The first kappa shape index (κ1) is 15.5. The number of hydrogen-bond donors (Lipinski definition) is 2. The van der Waals surface area contributed by atoms with E-state index in [1.807, 2.05) is 18.2 Å². The minimum absolute atomic E-state index is 0.0196. The van der Waals surface area contributed by atoms with Crippen LogP contribution in [0.5, 0.6) is 0 Å². The zero-order valence-electron chi connectivity index (χ0n) is 12.5. The third-order valence-electron chi connectivity index (χ3n) is 3.41. The van der Waals surface area contributed by atoms with Crippen molar-refractivity contribution < 1.29 is 0 Å². The van der Waals surface area contributed by atoms with Crippen LogP contribution >= 0.6 is 0 Å². The van der Waals surface area contributed by atoms with Crippen LogP contribution in [0.25, 0.3) is 0 Å². The third-order valence-corrected chi connectivity index (χ3v) is 3.41. The van der Waals surface area contributed by atoms with Crippen molar-refractivity contribution in [3.8, 4) is 0 Å². The molecule has 0 fully saturated rings. The van der Waals surface area contributed by atoms with Crippen LogP contribution in [-0.2, 0) is 6.42 Å². The van der Waals surface area contributed by atoms with Crippen molar-refractivity contribution in [1.82, 2.24) is 10.2 Å². The summed E-state index contributed by atoms with van der Waals surface area (Å²) in [7, 11) is 4.10. The molecule has 4 heteroatoms. The van der Waals surface area contributed by atoms with E-state index in [-0.39, 0.29) is 5.54 Å². The molecule has 1 rings (SSSR count). The zero-order valence-corrected chi connectivity index (χ0v) is 12.5. The van der Waals surface area contributed by atoms with Crippen molar-refractivity contribution in [1.29, 1.82) is 0 Å². The lowest BCUT2D eigenvalue weighted by Gasteiger charge is -2.30. The van der Waals surface area contributed by atoms with Gasteiger partial charge in [-0.25, -0.2) is 0 Å². The molecule has 106 valence electrons. The molecule has 0 heterocycles. The second-order valence-corrected chi connectivity index (χ2v) is 5.57. The van der Waals surface area contributed by atoms with Crippen LogP contribution in [0.3, 0.4) is 0 Å². The maximum Gasteiger partial charge on any atom is 0.188 e. The second-order valence-electron chi connectivity index (χ2n) is 5.57. The Morgan fingerprint density at radius 1 is 1.26 bits per heavy atom. The maximum atomic E-state index is 5.87. The van der Waals surface area contributed by atoms with Gasteiger partial charge in [0.2, 0.25) is 0 Å². The molecule has 0 aliphatic heterocycles. The van der Waals surface area contributed by atoms with E-state index in [2.05, 4.69) is 55.3 Å². The van der Waals surface area contributed by atoms with Crippen LogP contribution in [0, 0.1) is 0 Å². The highest BCUT2D eigenvalue weighted by Gasteiger charge is 2.19. The highest BCUT2D eigenvalue weighted by Crippen LogP contribution is 2.09. The van der Waals surface area contributed by atoms with Gasteiger partial charge in [-0.2, -0.15) is 0 Å². The van der Waals surface area contributed by atoms with Crippen molar-refractivity contribution in [3.05, 3.63) is 35.9 Å². The fourth-order valence-corrected chi connectivity index (χ4v) is 1.46. The van der Waals surface area contributed by atoms with Crippen LogP contribution in [0.4, 0.5) is 0 Å². The van der Waals surface area contributed by atoms with Gasteiger partial charge in [-0.05, 0) is 39.9 Å². The molecule has 0 unspecified atom stereocenters. The van der Waals surface area contributed by atoms with Gasteiger partial charge in [0.05, 0.1) is 6.54 Å². The molecule has 0 bridgehead atoms. The first-order valence-corrected chi connectivity index (χ1v) is 6.67. The topological polar surface area (TPSA) is 53.6 Å². The van der Waals surface area contributed by atoms with Gasteiger partial charge in [0.25, 0.3) is 0 Å². The lowest BCUT2D eigenvalue weighted by atomic mass is 10.1. The average molecular weight is 262 g/mol. The maximum absolute atomic E-state index is 5.87. The summed E-state index contributed by atoms with van der Waals surface area (Å²) in [6.45, 7) is 5.79. The average Bonchev–Trinajstić information content (AvgIpc) is 2.37. The van der Waals surface area contributed by atoms with Gasteiger partial charge >= 0.3 is 0 Å². The molecule has 0 atom stereocenters. The predicted octanol–water partition coefficient (Wildman–Crippen LogP) is 1.47. The molecule has 1 aromatic rings. The number of hydrogen-bond acceptors (Lipinski definition) is 2. The van der Waals surface area contributed by atoms with Crippen LogP contribution in [0.15, 0.2) is 35.3 Å². The number of likely N-dealkylation sites (N-methyl/N-ethyl adjacent to an activating group) is 1. The van der Waals surface area contributed by atoms with E-state index in [4.69, 9.17) is 5.73 Å². The van der Waals surface area contributed by atoms with Crippen molar-refractivity contribution in [3.63, 3.8) is 0 Å². The number of nitrogens with one attached hydrogen (secondary N) is 1. The number of guanidine groups is 1. The van der Waals surface area contributed by atoms with E-state index in [0.717, 1.165) is 13.0 Å². The lowest BCUT2D eigenvalue weighted by Crippen LogP contribution is -2.42. The molecule has 19 heavy (non-hydrogen) atoms. The summed E-state index contributed by atoms with van der Waals surface area (Å²) >= 11 is 0. The van der Waals surface area contributed by atoms with E-state index in [0.29, 0.717) is 12.5 Å². The quantitative estimate of drug-likeness (QED) is 0.603. The van der Waals surface area contributed by atoms with Crippen LogP contribution in [0.1, 0.15) is 19.4 Å². The Bertz CT molecular complexity index is 396. The molecule has 3 N–H and O–H groups in total. The Morgan fingerprint density at radius 2 is 1.89 bits per heavy atom. The van der Waals surface area contributed by atoms with E-state index in [1.54, 1.807) is 0 Å². The van der Waals surface area contributed by atoms with E-state index in [1.165, 1.54) is 5.56 Å². The van der Waals surface area contributed by atoms with Gasteiger partial charge in [0.1, 0.15) is 0 Å². The Labute approximate surface area is 116 Å². The lowest BCUT2D eigenvalue weighted by molar-refractivity contribution is 0.205. The van der Waals surface area contributed by atoms with Gasteiger partial charge in [-0.3, -0.25) is 4.99 Å². The first-order chi connectivity index (χ1) is 8.92. The molecular formula is C15H26N4. The fraction of sp³-hybridized carbons (Fsp3) is 0.533.